The summed E-state index contributed by atoms with van der Waals surface area (Å²) in [6.45, 7) is 6.56. The van der Waals surface area contributed by atoms with Gasteiger partial charge < -0.3 is 5.11 Å². The second-order valence-corrected chi connectivity index (χ2v) is 4.94. The highest BCUT2D eigenvalue weighted by molar-refractivity contribution is 5.68. The van der Waals surface area contributed by atoms with Crippen LogP contribution in [0.15, 0.2) is 0 Å². The molecule has 0 aromatic rings. The molecule has 0 unspecified atom stereocenters. The molecule has 0 aliphatic heterocycles. The van der Waals surface area contributed by atoms with Crippen LogP contribution in [0.1, 0.15) is 52.9 Å². The molecule has 2 heteroatoms. The first-order valence-corrected chi connectivity index (χ1v) is 5.15. The lowest BCUT2D eigenvalue weighted by atomic mass is 9.52. The van der Waals surface area contributed by atoms with Gasteiger partial charge in [-0.05, 0) is 23.7 Å². The molecule has 1 fully saturated rings. The molecule has 0 amide bonds. The summed E-state index contributed by atoms with van der Waals surface area (Å²) < 4.78 is 0. The number of carboxylic acids is 1. The summed E-state index contributed by atoms with van der Waals surface area (Å²) in [6, 6.07) is 0. The Labute approximate surface area is 80.3 Å². The van der Waals surface area contributed by atoms with Crippen molar-refractivity contribution in [3.63, 3.8) is 0 Å². The van der Waals surface area contributed by atoms with Crippen molar-refractivity contribution in [2.24, 2.45) is 10.8 Å². The Balaban J connectivity index is 2.74. The summed E-state index contributed by atoms with van der Waals surface area (Å²) in [7, 11) is 0. The maximum absolute atomic E-state index is 10.8. The Morgan fingerprint density at radius 3 is 2.23 bits per heavy atom. The Morgan fingerprint density at radius 2 is 2.00 bits per heavy atom. The van der Waals surface area contributed by atoms with Gasteiger partial charge in [0, 0.05) is 0 Å². The molecule has 1 rings (SSSR count). The fourth-order valence-electron chi connectivity index (χ4n) is 2.36. The standard InChI is InChI=1S/C11H20O2/c1-4-10(2,3)11(6-5-7-11)8-9(12)13/h4-8H2,1-3H3,(H,12,13). The highest BCUT2D eigenvalue weighted by Crippen LogP contribution is 2.57. The van der Waals surface area contributed by atoms with E-state index in [4.69, 9.17) is 5.11 Å². The lowest BCUT2D eigenvalue weighted by Crippen LogP contribution is -2.44. The SMILES string of the molecule is CCC(C)(C)C1(CC(=O)O)CCC1. The van der Waals surface area contributed by atoms with Crippen LogP contribution in [-0.4, -0.2) is 11.1 Å². The third kappa shape index (κ3) is 1.72. The van der Waals surface area contributed by atoms with Crippen molar-refractivity contribution >= 4 is 5.97 Å². The molecule has 0 heterocycles. The van der Waals surface area contributed by atoms with Crippen molar-refractivity contribution in [3.05, 3.63) is 0 Å². The van der Waals surface area contributed by atoms with Gasteiger partial charge in [-0.1, -0.05) is 33.6 Å². The van der Waals surface area contributed by atoms with Crippen LogP contribution in [0.2, 0.25) is 0 Å². The molecule has 0 aromatic carbocycles. The molecule has 76 valence electrons. The average Bonchev–Trinajstić information content (AvgIpc) is 1.96. The normalized spacial score (nSPS) is 20.8. The average molecular weight is 184 g/mol. The van der Waals surface area contributed by atoms with Crippen LogP contribution >= 0.6 is 0 Å². The van der Waals surface area contributed by atoms with Gasteiger partial charge in [0.1, 0.15) is 0 Å². The first kappa shape index (κ1) is 10.6. The van der Waals surface area contributed by atoms with Gasteiger partial charge in [-0.25, -0.2) is 0 Å². The number of rotatable bonds is 4. The minimum Gasteiger partial charge on any atom is -0.481 e. The number of carboxylic acid groups (broad SMARTS) is 1. The molecule has 0 bridgehead atoms. The van der Waals surface area contributed by atoms with Gasteiger partial charge >= 0.3 is 5.97 Å². The Morgan fingerprint density at radius 1 is 1.46 bits per heavy atom. The number of hydrogen-bond donors (Lipinski definition) is 1. The summed E-state index contributed by atoms with van der Waals surface area (Å²) in [5.41, 5.74) is 0.275. The first-order valence-electron chi connectivity index (χ1n) is 5.15. The Hall–Kier alpha value is -0.530. The monoisotopic (exact) mass is 184 g/mol. The zero-order valence-corrected chi connectivity index (χ0v) is 8.89. The van der Waals surface area contributed by atoms with E-state index in [1.165, 1.54) is 6.42 Å². The summed E-state index contributed by atoms with van der Waals surface area (Å²) >= 11 is 0. The zero-order chi connectivity index (χ0) is 10.1. The molecule has 2 nitrogen and oxygen atoms in total. The molecule has 0 aromatic heterocycles. The van der Waals surface area contributed by atoms with E-state index in [0.29, 0.717) is 6.42 Å². The van der Waals surface area contributed by atoms with Crippen LogP contribution in [-0.2, 0) is 4.79 Å². The van der Waals surface area contributed by atoms with Crippen molar-refractivity contribution in [1.82, 2.24) is 0 Å². The maximum Gasteiger partial charge on any atom is 0.303 e. The molecular weight excluding hydrogens is 164 g/mol. The minimum absolute atomic E-state index is 0.0909. The van der Waals surface area contributed by atoms with Crippen LogP contribution in [0.3, 0.4) is 0 Å². The van der Waals surface area contributed by atoms with Gasteiger partial charge in [0.05, 0.1) is 6.42 Å². The number of aliphatic carboxylic acids is 1. The summed E-state index contributed by atoms with van der Waals surface area (Å²) in [6.07, 6.45) is 4.82. The van der Waals surface area contributed by atoms with E-state index < -0.39 is 5.97 Å². The minimum atomic E-state index is -0.638. The maximum atomic E-state index is 10.8. The topological polar surface area (TPSA) is 37.3 Å². The lowest BCUT2D eigenvalue weighted by Gasteiger charge is -2.52. The second-order valence-electron chi connectivity index (χ2n) is 4.94. The second kappa shape index (κ2) is 3.32. The van der Waals surface area contributed by atoms with Crippen molar-refractivity contribution in [2.75, 3.05) is 0 Å². The molecule has 0 saturated heterocycles. The molecule has 0 spiro atoms. The van der Waals surface area contributed by atoms with Gasteiger partial charge in [0.2, 0.25) is 0 Å². The number of hydrogen-bond acceptors (Lipinski definition) is 1. The van der Waals surface area contributed by atoms with E-state index in [1.54, 1.807) is 0 Å². The molecule has 1 N–H and O–H groups in total. The summed E-state index contributed by atoms with van der Waals surface area (Å²) in [4.78, 5) is 10.8. The molecule has 1 aliphatic carbocycles. The van der Waals surface area contributed by atoms with Gasteiger partial charge in [-0.3, -0.25) is 4.79 Å². The molecule has 1 saturated carbocycles. The highest BCUT2D eigenvalue weighted by atomic mass is 16.4. The zero-order valence-electron chi connectivity index (χ0n) is 8.89. The third-order valence-electron chi connectivity index (χ3n) is 4.12. The Kier molecular flexibility index (Phi) is 2.69. The fourth-order valence-corrected chi connectivity index (χ4v) is 2.36. The van der Waals surface area contributed by atoms with Gasteiger partial charge in [-0.15, -0.1) is 0 Å². The molecule has 0 radical (unpaired) electrons. The van der Waals surface area contributed by atoms with Gasteiger partial charge in [-0.2, -0.15) is 0 Å². The predicted octanol–water partition coefficient (Wildman–Crippen LogP) is 3.07. The van der Waals surface area contributed by atoms with E-state index >= 15 is 0 Å². The molecule has 13 heavy (non-hydrogen) atoms. The van der Waals surface area contributed by atoms with E-state index in [0.717, 1.165) is 19.3 Å². The Bertz CT molecular complexity index is 202. The van der Waals surface area contributed by atoms with Crippen molar-refractivity contribution in [3.8, 4) is 0 Å². The summed E-state index contributed by atoms with van der Waals surface area (Å²) in [5, 5.41) is 8.87. The first-order chi connectivity index (χ1) is 5.93. The van der Waals surface area contributed by atoms with E-state index in [9.17, 15) is 4.79 Å². The van der Waals surface area contributed by atoms with E-state index in [1.807, 2.05) is 0 Å². The quantitative estimate of drug-likeness (QED) is 0.729. The largest absolute Gasteiger partial charge is 0.481 e. The van der Waals surface area contributed by atoms with Crippen LogP contribution < -0.4 is 0 Å². The molecular formula is C11H20O2. The van der Waals surface area contributed by atoms with Gasteiger partial charge in [0.15, 0.2) is 0 Å². The van der Waals surface area contributed by atoms with E-state index in [-0.39, 0.29) is 10.8 Å². The fraction of sp³-hybridized carbons (Fsp3) is 0.909. The highest BCUT2D eigenvalue weighted by Gasteiger charge is 2.49. The van der Waals surface area contributed by atoms with E-state index in [2.05, 4.69) is 20.8 Å². The molecule has 0 atom stereocenters. The molecule has 1 aliphatic rings. The predicted molar refractivity (Wildman–Crippen MR) is 52.6 cm³/mol. The van der Waals surface area contributed by atoms with Crippen LogP contribution in [0.4, 0.5) is 0 Å². The van der Waals surface area contributed by atoms with Crippen LogP contribution in [0.5, 0.6) is 0 Å². The van der Waals surface area contributed by atoms with Crippen LogP contribution in [0, 0.1) is 10.8 Å². The smallest absolute Gasteiger partial charge is 0.303 e. The summed E-state index contributed by atoms with van der Waals surface area (Å²) in [5.74, 6) is -0.638. The lowest BCUT2D eigenvalue weighted by molar-refractivity contribution is -0.146. The third-order valence-corrected chi connectivity index (χ3v) is 4.12. The van der Waals surface area contributed by atoms with Crippen molar-refractivity contribution in [2.45, 2.75) is 52.9 Å². The van der Waals surface area contributed by atoms with Crippen LogP contribution in [0.25, 0.3) is 0 Å². The van der Waals surface area contributed by atoms with Gasteiger partial charge in [0.25, 0.3) is 0 Å². The van der Waals surface area contributed by atoms with Crippen molar-refractivity contribution in [1.29, 1.82) is 0 Å². The van der Waals surface area contributed by atoms with Crippen molar-refractivity contribution < 1.29 is 9.90 Å². The number of carbonyl (C=O) groups is 1.